The van der Waals surface area contributed by atoms with Gasteiger partial charge in [0.15, 0.2) is 0 Å². The zero-order valence-electron chi connectivity index (χ0n) is 10.7. The van der Waals surface area contributed by atoms with Gasteiger partial charge in [-0.05, 0) is 24.1 Å². The minimum absolute atomic E-state index is 0.181. The Morgan fingerprint density at radius 2 is 2.00 bits per heavy atom. The van der Waals surface area contributed by atoms with E-state index < -0.39 is 0 Å². The average molecular weight is 239 g/mol. The number of halogens is 1. The lowest BCUT2D eigenvalue weighted by molar-refractivity contribution is 0.195. The Morgan fingerprint density at radius 1 is 1.29 bits per heavy atom. The maximum Gasteiger partial charge on any atom is 0.123 e. The number of hydrogen-bond acceptors (Lipinski definition) is 2. The van der Waals surface area contributed by atoms with Gasteiger partial charge in [0.05, 0.1) is 6.61 Å². The summed E-state index contributed by atoms with van der Waals surface area (Å²) in [6, 6.07) is 7.05. The Balaban J connectivity index is 2.57. The number of nitrogens with one attached hydrogen (secondary N) is 1. The predicted molar refractivity (Wildman–Crippen MR) is 68.5 cm³/mol. The lowest BCUT2D eigenvalue weighted by atomic mass is 10.0. The molecule has 0 saturated heterocycles. The van der Waals surface area contributed by atoms with E-state index in [1.807, 2.05) is 12.1 Å². The average Bonchev–Trinajstić information content (AvgIpc) is 2.35. The molecule has 0 saturated carbocycles. The molecule has 1 aromatic carbocycles. The van der Waals surface area contributed by atoms with Crippen LogP contribution in [0.15, 0.2) is 24.3 Å². The molecule has 1 rings (SSSR count). The Labute approximate surface area is 103 Å². The minimum Gasteiger partial charge on any atom is -0.383 e. The summed E-state index contributed by atoms with van der Waals surface area (Å²) in [4.78, 5) is 0. The molecule has 0 heterocycles. The standard InChI is InChI=1S/C14H22FNO/c1-3-4-5-14(16-10-11-17-2)12-6-8-13(15)9-7-12/h6-9,14,16H,3-5,10-11H2,1-2H3. The fourth-order valence-corrected chi connectivity index (χ4v) is 1.83. The fourth-order valence-electron chi connectivity index (χ4n) is 1.83. The quantitative estimate of drug-likeness (QED) is 0.703. The molecule has 0 spiro atoms. The van der Waals surface area contributed by atoms with Crippen LogP contribution in [0.1, 0.15) is 37.8 Å². The molecule has 0 fully saturated rings. The summed E-state index contributed by atoms with van der Waals surface area (Å²) in [6.07, 6.45) is 3.41. The van der Waals surface area contributed by atoms with Crippen LogP contribution in [0.25, 0.3) is 0 Å². The van der Waals surface area contributed by atoms with E-state index in [0.717, 1.165) is 18.5 Å². The SMILES string of the molecule is CCCCC(NCCOC)c1ccc(F)cc1. The van der Waals surface area contributed by atoms with E-state index in [1.54, 1.807) is 7.11 Å². The molecule has 17 heavy (non-hydrogen) atoms. The van der Waals surface area contributed by atoms with Crippen molar-refractivity contribution < 1.29 is 9.13 Å². The lowest BCUT2D eigenvalue weighted by Gasteiger charge is -2.19. The highest BCUT2D eigenvalue weighted by Crippen LogP contribution is 2.19. The maximum atomic E-state index is 12.9. The molecule has 1 unspecified atom stereocenters. The van der Waals surface area contributed by atoms with Crippen LogP contribution in [0, 0.1) is 5.82 Å². The number of unbranched alkanes of at least 4 members (excludes halogenated alkanes) is 1. The Bertz CT molecular complexity index is 300. The van der Waals surface area contributed by atoms with Gasteiger partial charge in [-0.1, -0.05) is 31.9 Å². The van der Waals surface area contributed by atoms with E-state index >= 15 is 0 Å². The van der Waals surface area contributed by atoms with Crippen LogP contribution in [-0.4, -0.2) is 20.3 Å². The molecule has 1 aromatic rings. The van der Waals surface area contributed by atoms with E-state index in [0.29, 0.717) is 12.6 Å². The van der Waals surface area contributed by atoms with E-state index in [-0.39, 0.29) is 5.82 Å². The summed E-state index contributed by atoms with van der Waals surface area (Å²) < 4.78 is 17.9. The number of ether oxygens (including phenoxy) is 1. The van der Waals surface area contributed by atoms with Crippen molar-refractivity contribution in [2.75, 3.05) is 20.3 Å². The monoisotopic (exact) mass is 239 g/mol. The van der Waals surface area contributed by atoms with Crippen LogP contribution in [-0.2, 0) is 4.74 Å². The molecular formula is C14H22FNO. The highest BCUT2D eigenvalue weighted by Gasteiger charge is 2.09. The first kappa shape index (κ1) is 14.1. The Kier molecular flexibility index (Phi) is 6.82. The zero-order valence-corrected chi connectivity index (χ0v) is 10.7. The van der Waals surface area contributed by atoms with Gasteiger partial charge in [-0.25, -0.2) is 4.39 Å². The summed E-state index contributed by atoms with van der Waals surface area (Å²) in [6.45, 7) is 3.70. The second-order valence-electron chi connectivity index (χ2n) is 4.19. The highest BCUT2D eigenvalue weighted by atomic mass is 19.1. The number of rotatable bonds is 8. The smallest absolute Gasteiger partial charge is 0.123 e. The van der Waals surface area contributed by atoms with Crippen molar-refractivity contribution in [2.24, 2.45) is 0 Å². The van der Waals surface area contributed by atoms with Gasteiger partial charge in [0.2, 0.25) is 0 Å². The van der Waals surface area contributed by atoms with Crippen LogP contribution in [0.3, 0.4) is 0 Å². The summed E-state index contributed by atoms with van der Waals surface area (Å²) >= 11 is 0. The molecule has 0 aliphatic rings. The lowest BCUT2D eigenvalue weighted by Crippen LogP contribution is -2.25. The topological polar surface area (TPSA) is 21.3 Å². The van der Waals surface area contributed by atoms with Crippen LogP contribution in [0.4, 0.5) is 4.39 Å². The summed E-state index contributed by atoms with van der Waals surface area (Å²) in [7, 11) is 1.70. The van der Waals surface area contributed by atoms with Crippen molar-refractivity contribution in [1.82, 2.24) is 5.32 Å². The largest absolute Gasteiger partial charge is 0.383 e. The summed E-state index contributed by atoms with van der Waals surface area (Å²) in [5, 5.41) is 3.44. The van der Waals surface area contributed by atoms with Crippen molar-refractivity contribution in [2.45, 2.75) is 32.2 Å². The van der Waals surface area contributed by atoms with Crippen LogP contribution >= 0.6 is 0 Å². The Hall–Kier alpha value is -0.930. The normalized spacial score (nSPS) is 12.6. The van der Waals surface area contributed by atoms with Gasteiger partial charge in [-0.2, -0.15) is 0 Å². The maximum absolute atomic E-state index is 12.9. The van der Waals surface area contributed by atoms with Crippen molar-refractivity contribution in [3.05, 3.63) is 35.6 Å². The van der Waals surface area contributed by atoms with Gasteiger partial charge in [-0.15, -0.1) is 0 Å². The number of hydrogen-bond donors (Lipinski definition) is 1. The first-order chi connectivity index (χ1) is 8.27. The van der Waals surface area contributed by atoms with Gasteiger partial charge in [0.1, 0.15) is 5.82 Å². The highest BCUT2D eigenvalue weighted by molar-refractivity contribution is 5.19. The van der Waals surface area contributed by atoms with E-state index in [2.05, 4.69) is 12.2 Å². The minimum atomic E-state index is -0.181. The molecule has 0 bridgehead atoms. The molecule has 1 N–H and O–H groups in total. The summed E-state index contributed by atoms with van der Waals surface area (Å²) in [5.41, 5.74) is 1.15. The van der Waals surface area contributed by atoms with E-state index in [1.165, 1.54) is 25.0 Å². The van der Waals surface area contributed by atoms with Gasteiger partial charge in [0.25, 0.3) is 0 Å². The molecule has 0 aliphatic heterocycles. The molecular weight excluding hydrogens is 217 g/mol. The number of benzene rings is 1. The van der Waals surface area contributed by atoms with Crippen LogP contribution in [0.2, 0.25) is 0 Å². The van der Waals surface area contributed by atoms with E-state index in [9.17, 15) is 4.39 Å². The van der Waals surface area contributed by atoms with Crippen molar-refractivity contribution in [1.29, 1.82) is 0 Å². The van der Waals surface area contributed by atoms with Gasteiger partial charge in [-0.3, -0.25) is 0 Å². The first-order valence-corrected chi connectivity index (χ1v) is 6.25. The molecule has 96 valence electrons. The predicted octanol–water partition coefficient (Wildman–Crippen LogP) is 3.29. The summed E-state index contributed by atoms with van der Waals surface area (Å²) in [5.74, 6) is -0.181. The molecule has 0 amide bonds. The second kappa shape index (κ2) is 8.20. The Morgan fingerprint density at radius 3 is 2.59 bits per heavy atom. The van der Waals surface area contributed by atoms with Crippen LogP contribution in [0.5, 0.6) is 0 Å². The molecule has 2 nitrogen and oxygen atoms in total. The first-order valence-electron chi connectivity index (χ1n) is 6.25. The van der Waals surface area contributed by atoms with Crippen LogP contribution < -0.4 is 5.32 Å². The van der Waals surface area contributed by atoms with Gasteiger partial charge >= 0.3 is 0 Å². The third kappa shape index (κ3) is 5.29. The third-order valence-electron chi connectivity index (χ3n) is 2.82. The molecule has 1 atom stereocenters. The number of methoxy groups -OCH3 is 1. The third-order valence-corrected chi connectivity index (χ3v) is 2.82. The van der Waals surface area contributed by atoms with E-state index in [4.69, 9.17) is 4.74 Å². The van der Waals surface area contributed by atoms with Crippen molar-refractivity contribution in [3.63, 3.8) is 0 Å². The van der Waals surface area contributed by atoms with Crippen molar-refractivity contribution >= 4 is 0 Å². The van der Waals surface area contributed by atoms with Crippen molar-refractivity contribution in [3.8, 4) is 0 Å². The molecule has 0 aliphatic carbocycles. The molecule has 3 heteroatoms. The van der Waals surface area contributed by atoms with Gasteiger partial charge in [0, 0.05) is 19.7 Å². The molecule has 0 aromatic heterocycles. The zero-order chi connectivity index (χ0) is 12.5. The molecule has 0 radical (unpaired) electrons. The van der Waals surface area contributed by atoms with Gasteiger partial charge < -0.3 is 10.1 Å². The fraction of sp³-hybridized carbons (Fsp3) is 0.571. The second-order valence-corrected chi connectivity index (χ2v) is 4.19.